The minimum absolute atomic E-state index is 0.0999. The van der Waals surface area contributed by atoms with Gasteiger partial charge in [0.1, 0.15) is 18.3 Å². The van der Waals surface area contributed by atoms with Crippen molar-refractivity contribution in [1.82, 2.24) is 0 Å². The zero-order valence-corrected chi connectivity index (χ0v) is 15.2. The molecule has 0 bridgehead atoms. The maximum absolute atomic E-state index is 11.6. The molecule has 148 valence electrons. The predicted octanol–water partition coefficient (Wildman–Crippen LogP) is -0.372. The monoisotopic (exact) mass is 374 g/mol. The van der Waals surface area contributed by atoms with Gasteiger partial charge in [-0.15, -0.1) is 0 Å². The molecule has 9 heteroatoms. The quantitative estimate of drug-likeness (QED) is 0.265. The number of aliphatic hydroxyl groups excluding tert-OH is 3. The van der Waals surface area contributed by atoms with Crippen LogP contribution < -0.4 is 0 Å². The lowest BCUT2D eigenvalue weighted by atomic mass is 10.2. The van der Waals surface area contributed by atoms with Crippen molar-refractivity contribution in [3.05, 3.63) is 24.3 Å². The Bertz CT molecular complexity index is 524. The molecule has 0 aliphatic rings. The Kier molecular flexibility index (Phi) is 11.1. The van der Waals surface area contributed by atoms with Gasteiger partial charge >= 0.3 is 17.9 Å². The van der Waals surface area contributed by atoms with E-state index in [4.69, 9.17) is 14.6 Å². The summed E-state index contributed by atoms with van der Waals surface area (Å²) in [5.74, 6) is -2.14. The summed E-state index contributed by atoms with van der Waals surface area (Å²) in [6.07, 6.45) is -1.30. The minimum Gasteiger partial charge on any atom is -0.469 e. The van der Waals surface area contributed by atoms with E-state index in [2.05, 4.69) is 4.74 Å². The van der Waals surface area contributed by atoms with Crippen LogP contribution in [0.15, 0.2) is 24.3 Å². The van der Waals surface area contributed by atoms with E-state index in [1.54, 1.807) is 0 Å². The lowest BCUT2D eigenvalue weighted by molar-refractivity contribution is -0.149. The van der Waals surface area contributed by atoms with E-state index in [0.29, 0.717) is 0 Å². The van der Waals surface area contributed by atoms with Gasteiger partial charge in [0.05, 0.1) is 25.7 Å². The molecule has 0 aliphatic carbocycles. The number of carbonyl (C=O) groups excluding carboxylic acids is 3. The van der Waals surface area contributed by atoms with Gasteiger partial charge in [-0.05, 0) is 32.9 Å². The maximum atomic E-state index is 11.6. The van der Waals surface area contributed by atoms with Crippen molar-refractivity contribution in [2.45, 2.75) is 57.7 Å². The highest BCUT2D eigenvalue weighted by molar-refractivity contribution is 5.83. The van der Waals surface area contributed by atoms with E-state index >= 15 is 0 Å². The summed E-state index contributed by atoms with van der Waals surface area (Å²) in [6, 6.07) is 0. The highest BCUT2D eigenvalue weighted by Gasteiger charge is 2.17. The van der Waals surface area contributed by atoms with Crippen LogP contribution in [0.3, 0.4) is 0 Å². The number of aliphatic hydroxyl groups is 3. The number of rotatable bonds is 10. The molecule has 5 unspecified atom stereocenters. The van der Waals surface area contributed by atoms with Crippen LogP contribution in [0.1, 0.15) is 27.2 Å². The summed E-state index contributed by atoms with van der Waals surface area (Å²) in [5.41, 5.74) is 0. The first-order valence-corrected chi connectivity index (χ1v) is 7.95. The van der Waals surface area contributed by atoms with Gasteiger partial charge in [-0.3, -0.25) is 4.79 Å². The van der Waals surface area contributed by atoms with Crippen LogP contribution in [0.2, 0.25) is 0 Å². The van der Waals surface area contributed by atoms with Gasteiger partial charge in [-0.2, -0.15) is 0 Å². The average molecular weight is 374 g/mol. The van der Waals surface area contributed by atoms with Crippen LogP contribution in [-0.4, -0.2) is 70.9 Å². The molecule has 0 saturated heterocycles. The topological polar surface area (TPSA) is 140 Å². The highest BCUT2D eigenvalue weighted by atomic mass is 16.6. The third-order valence-electron chi connectivity index (χ3n) is 3.14. The number of ether oxygens (including phenoxy) is 3. The summed E-state index contributed by atoms with van der Waals surface area (Å²) in [7, 11) is 1.22. The summed E-state index contributed by atoms with van der Waals surface area (Å²) in [6.45, 7) is 4.26. The van der Waals surface area contributed by atoms with Gasteiger partial charge in [-0.1, -0.05) is 0 Å². The van der Waals surface area contributed by atoms with Crippen molar-refractivity contribution in [1.29, 1.82) is 0 Å². The van der Waals surface area contributed by atoms with Crippen LogP contribution in [-0.2, 0) is 28.6 Å². The van der Waals surface area contributed by atoms with Crippen LogP contribution >= 0.6 is 0 Å². The Labute approximate surface area is 151 Å². The maximum Gasteiger partial charge on any atom is 0.330 e. The predicted molar refractivity (Wildman–Crippen MR) is 89.7 cm³/mol. The molecule has 0 rings (SSSR count). The molecule has 26 heavy (non-hydrogen) atoms. The van der Waals surface area contributed by atoms with E-state index in [1.807, 2.05) is 0 Å². The number of hydrogen-bond acceptors (Lipinski definition) is 9. The molecular weight excluding hydrogens is 348 g/mol. The van der Waals surface area contributed by atoms with Gasteiger partial charge in [0.2, 0.25) is 0 Å². The Morgan fingerprint density at radius 3 is 1.88 bits per heavy atom. The first-order chi connectivity index (χ1) is 12.1. The molecule has 3 N–H and O–H groups in total. The number of esters is 3. The molecule has 0 aromatic rings. The first-order valence-electron chi connectivity index (χ1n) is 7.95. The fraction of sp³-hybridized carbons (Fsp3) is 0.588. The Morgan fingerprint density at radius 1 is 0.885 bits per heavy atom. The van der Waals surface area contributed by atoms with Gasteiger partial charge < -0.3 is 29.5 Å². The number of carbonyl (C=O) groups is 3. The highest BCUT2D eigenvalue weighted by Crippen LogP contribution is 2.05. The zero-order valence-electron chi connectivity index (χ0n) is 15.2. The molecule has 0 fully saturated rings. The molecule has 0 heterocycles. The normalized spacial score (nSPS) is 17.3. The molecule has 0 amide bonds. The molecule has 0 aromatic carbocycles. The van der Waals surface area contributed by atoms with Gasteiger partial charge in [-0.25, -0.2) is 9.59 Å². The molecule has 0 aromatic heterocycles. The molecule has 9 nitrogen and oxygen atoms in total. The first kappa shape index (κ1) is 23.8. The second-order valence-electron chi connectivity index (χ2n) is 5.61. The molecular formula is C17H26O9. The van der Waals surface area contributed by atoms with Crippen LogP contribution in [0.5, 0.6) is 0 Å². The summed E-state index contributed by atoms with van der Waals surface area (Å²) in [5, 5.41) is 28.2. The van der Waals surface area contributed by atoms with Gasteiger partial charge in [0, 0.05) is 12.2 Å². The van der Waals surface area contributed by atoms with E-state index < -0.39 is 48.4 Å². The summed E-state index contributed by atoms with van der Waals surface area (Å²) < 4.78 is 14.2. The third-order valence-corrected chi connectivity index (χ3v) is 3.14. The SMILES string of the molecule is COC(=O)CC(C)OC(=O)C=CC(O)C(C)OC(=O)C=CC(O)C(C)O. The second-order valence-corrected chi connectivity index (χ2v) is 5.61. The van der Waals surface area contributed by atoms with Crippen molar-refractivity contribution in [3.63, 3.8) is 0 Å². The van der Waals surface area contributed by atoms with Crippen molar-refractivity contribution in [2.24, 2.45) is 0 Å². The van der Waals surface area contributed by atoms with Crippen LogP contribution in [0.4, 0.5) is 0 Å². The lowest BCUT2D eigenvalue weighted by Gasteiger charge is -2.16. The number of methoxy groups -OCH3 is 1. The minimum atomic E-state index is -1.28. The zero-order chi connectivity index (χ0) is 20.3. The second kappa shape index (κ2) is 12.2. The van der Waals surface area contributed by atoms with Crippen LogP contribution in [0.25, 0.3) is 0 Å². The lowest BCUT2D eigenvalue weighted by Crippen LogP contribution is -2.27. The fourth-order valence-corrected chi connectivity index (χ4v) is 1.56. The average Bonchev–Trinajstić information content (AvgIpc) is 2.56. The van der Waals surface area contributed by atoms with Crippen molar-refractivity contribution < 1.29 is 43.9 Å². The Morgan fingerprint density at radius 2 is 1.38 bits per heavy atom. The smallest absolute Gasteiger partial charge is 0.330 e. The third kappa shape index (κ3) is 10.6. The molecule has 0 aliphatic heterocycles. The molecule has 0 radical (unpaired) electrons. The van der Waals surface area contributed by atoms with E-state index in [1.165, 1.54) is 27.9 Å². The van der Waals surface area contributed by atoms with Crippen molar-refractivity contribution in [2.75, 3.05) is 7.11 Å². The van der Waals surface area contributed by atoms with E-state index in [0.717, 1.165) is 24.3 Å². The standard InChI is InChI=1S/C17H26O9/c1-10(9-17(23)24-4)25-15(21)8-6-14(20)12(3)26-16(22)7-5-13(19)11(2)18/h5-8,10-14,18-20H,9H2,1-4H3. The molecule has 0 spiro atoms. The van der Waals surface area contributed by atoms with Crippen molar-refractivity contribution in [3.8, 4) is 0 Å². The molecule has 0 saturated carbocycles. The largest absolute Gasteiger partial charge is 0.469 e. The Hall–Kier alpha value is -2.23. The number of hydrogen-bond donors (Lipinski definition) is 3. The summed E-state index contributed by atoms with van der Waals surface area (Å²) in [4.78, 5) is 34.1. The summed E-state index contributed by atoms with van der Waals surface area (Å²) >= 11 is 0. The fourth-order valence-electron chi connectivity index (χ4n) is 1.56. The van der Waals surface area contributed by atoms with E-state index in [-0.39, 0.29) is 6.42 Å². The molecule has 5 atom stereocenters. The van der Waals surface area contributed by atoms with Crippen LogP contribution in [0, 0.1) is 0 Å². The Balaban J connectivity index is 4.41. The van der Waals surface area contributed by atoms with Gasteiger partial charge in [0.15, 0.2) is 0 Å². The van der Waals surface area contributed by atoms with E-state index in [9.17, 15) is 24.6 Å². The van der Waals surface area contributed by atoms with Gasteiger partial charge in [0.25, 0.3) is 0 Å². The van der Waals surface area contributed by atoms with Crippen molar-refractivity contribution >= 4 is 17.9 Å².